The first-order valence-electron chi connectivity index (χ1n) is 5.56. The SMILES string of the molecule is Cc1nc(C)c(C(=O)Nc2ccccc2C(=O)O)o1. The number of amides is 1. The predicted molar refractivity (Wildman–Crippen MR) is 67.3 cm³/mol. The molecule has 0 fully saturated rings. The second-order valence-electron chi connectivity index (χ2n) is 3.95. The van der Waals surface area contributed by atoms with Gasteiger partial charge in [0, 0.05) is 6.92 Å². The molecule has 2 N–H and O–H groups in total. The molecule has 0 aliphatic carbocycles. The number of rotatable bonds is 3. The van der Waals surface area contributed by atoms with E-state index < -0.39 is 11.9 Å². The molecule has 0 aliphatic rings. The quantitative estimate of drug-likeness (QED) is 0.882. The number of carboxylic acid groups (broad SMARTS) is 1. The average molecular weight is 260 g/mol. The van der Waals surface area contributed by atoms with E-state index in [-0.39, 0.29) is 17.0 Å². The van der Waals surface area contributed by atoms with Crippen molar-refractivity contribution in [3.05, 3.63) is 47.2 Å². The molecule has 1 aromatic carbocycles. The summed E-state index contributed by atoms with van der Waals surface area (Å²) in [5.74, 6) is -1.17. The molecule has 0 spiro atoms. The van der Waals surface area contributed by atoms with Gasteiger partial charge < -0.3 is 14.8 Å². The van der Waals surface area contributed by atoms with E-state index in [9.17, 15) is 9.59 Å². The Morgan fingerprint density at radius 1 is 1.26 bits per heavy atom. The van der Waals surface area contributed by atoms with Crippen LogP contribution in [0.2, 0.25) is 0 Å². The minimum Gasteiger partial charge on any atom is -0.478 e. The summed E-state index contributed by atoms with van der Waals surface area (Å²) in [5, 5.41) is 11.5. The molecular formula is C13H12N2O4. The number of carboxylic acids is 1. The van der Waals surface area contributed by atoms with Crippen molar-refractivity contribution < 1.29 is 19.1 Å². The van der Waals surface area contributed by atoms with Crippen LogP contribution in [0.4, 0.5) is 5.69 Å². The lowest BCUT2D eigenvalue weighted by atomic mass is 10.2. The lowest BCUT2D eigenvalue weighted by Gasteiger charge is -2.06. The van der Waals surface area contributed by atoms with E-state index in [2.05, 4.69) is 10.3 Å². The maximum atomic E-state index is 12.0. The van der Waals surface area contributed by atoms with Crippen LogP contribution >= 0.6 is 0 Å². The molecule has 19 heavy (non-hydrogen) atoms. The zero-order chi connectivity index (χ0) is 14.0. The van der Waals surface area contributed by atoms with Crippen LogP contribution in [-0.2, 0) is 0 Å². The summed E-state index contributed by atoms with van der Waals surface area (Å²) in [6.07, 6.45) is 0. The van der Waals surface area contributed by atoms with E-state index in [1.807, 2.05) is 0 Å². The van der Waals surface area contributed by atoms with Crippen molar-refractivity contribution in [2.24, 2.45) is 0 Å². The number of nitrogens with zero attached hydrogens (tertiary/aromatic N) is 1. The number of aryl methyl sites for hydroxylation is 2. The zero-order valence-corrected chi connectivity index (χ0v) is 10.4. The van der Waals surface area contributed by atoms with Crippen LogP contribution in [0.3, 0.4) is 0 Å². The Hall–Kier alpha value is -2.63. The van der Waals surface area contributed by atoms with Crippen LogP contribution in [0.5, 0.6) is 0 Å². The highest BCUT2D eigenvalue weighted by Gasteiger charge is 2.18. The summed E-state index contributed by atoms with van der Waals surface area (Å²) in [5.41, 5.74) is 0.695. The fourth-order valence-corrected chi connectivity index (χ4v) is 1.70. The van der Waals surface area contributed by atoms with Gasteiger partial charge in [0.05, 0.1) is 16.9 Å². The van der Waals surface area contributed by atoms with Gasteiger partial charge in [0.1, 0.15) is 0 Å². The Bertz CT molecular complexity index is 646. The van der Waals surface area contributed by atoms with Gasteiger partial charge in [0.2, 0.25) is 5.76 Å². The third-order valence-electron chi connectivity index (χ3n) is 2.52. The van der Waals surface area contributed by atoms with E-state index >= 15 is 0 Å². The number of hydrogen-bond donors (Lipinski definition) is 2. The lowest BCUT2D eigenvalue weighted by Crippen LogP contribution is -2.15. The minimum atomic E-state index is -1.11. The highest BCUT2D eigenvalue weighted by molar-refractivity contribution is 6.06. The number of hydrogen-bond acceptors (Lipinski definition) is 4. The first-order valence-corrected chi connectivity index (χ1v) is 5.56. The minimum absolute atomic E-state index is 0.0183. The molecule has 98 valence electrons. The molecule has 0 atom stereocenters. The van der Waals surface area contributed by atoms with Gasteiger partial charge >= 0.3 is 5.97 Å². The van der Waals surface area contributed by atoms with Gasteiger partial charge in [-0.2, -0.15) is 0 Å². The maximum absolute atomic E-state index is 12.0. The first-order chi connectivity index (χ1) is 8.99. The standard InChI is InChI=1S/C13H12N2O4/c1-7-11(19-8(2)14-7)12(16)15-10-6-4-3-5-9(10)13(17)18/h3-6H,1-2H3,(H,15,16)(H,17,18). The number of carbonyl (C=O) groups excluding carboxylic acids is 1. The summed E-state index contributed by atoms with van der Waals surface area (Å²) in [4.78, 5) is 27.0. The summed E-state index contributed by atoms with van der Waals surface area (Å²) in [6, 6.07) is 6.15. The third kappa shape index (κ3) is 2.62. The lowest BCUT2D eigenvalue weighted by molar-refractivity contribution is 0.0698. The molecular weight excluding hydrogens is 248 g/mol. The van der Waals surface area contributed by atoms with Crippen molar-refractivity contribution in [2.75, 3.05) is 5.32 Å². The van der Waals surface area contributed by atoms with Gasteiger partial charge in [0.25, 0.3) is 5.91 Å². The van der Waals surface area contributed by atoms with Crippen molar-refractivity contribution >= 4 is 17.6 Å². The monoisotopic (exact) mass is 260 g/mol. The Labute approximate surface area is 109 Å². The van der Waals surface area contributed by atoms with E-state index in [0.29, 0.717) is 11.6 Å². The van der Waals surface area contributed by atoms with Gasteiger partial charge in [-0.25, -0.2) is 9.78 Å². The number of benzene rings is 1. The van der Waals surface area contributed by atoms with Gasteiger partial charge in [-0.15, -0.1) is 0 Å². The van der Waals surface area contributed by atoms with Gasteiger partial charge in [0.15, 0.2) is 5.89 Å². The molecule has 1 heterocycles. The molecule has 0 saturated carbocycles. The number of aromatic carboxylic acids is 1. The third-order valence-corrected chi connectivity index (χ3v) is 2.52. The Morgan fingerprint density at radius 3 is 2.53 bits per heavy atom. The Morgan fingerprint density at radius 2 is 1.95 bits per heavy atom. The highest BCUT2D eigenvalue weighted by atomic mass is 16.4. The molecule has 0 aliphatic heterocycles. The smallest absolute Gasteiger partial charge is 0.337 e. The van der Waals surface area contributed by atoms with Crippen LogP contribution in [0, 0.1) is 13.8 Å². The first kappa shape index (κ1) is 12.8. The molecule has 0 bridgehead atoms. The van der Waals surface area contributed by atoms with Gasteiger partial charge in [-0.3, -0.25) is 4.79 Å². The summed E-state index contributed by atoms with van der Waals surface area (Å²) in [6.45, 7) is 3.28. The van der Waals surface area contributed by atoms with Crippen molar-refractivity contribution in [1.29, 1.82) is 0 Å². The van der Waals surface area contributed by atoms with Crippen molar-refractivity contribution in [3.8, 4) is 0 Å². The predicted octanol–water partition coefficient (Wildman–Crippen LogP) is 2.24. The zero-order valence-electron chi connectivity index (χ0n) is 10.4. The number of anilines is 1. The number of aromatic nitrogens is 1. The Kier molecular flexibility index (Phi) is 3.33. The fraction of sp³-hybridized carbons (Fsp3) is 0.154. The van der Waals surface area contributed by atoms with E-state index in [0.717, 1.165) is 0 Å². The molecule has 1 amide bonds. The van der Waals surface area contributed by atoms with Gasteiger partial charge in [-0.1, -0.05) is 12.1 Å². The van der Waals surface area contributed by atoms with Crippen LogP contribution in [0.15, 0.2) is 28.7 Å². The molecule has 6 heteroatoms. The maximum Gasteiger partial charge on any atom is 0.337 e. The summed E-state index contributed by atoms with van der Waals surface area (Å²) in [7, 11) is 0. The van der Waals surface area contributed by atoms with E-state index in [4.69, 9.17) is 9.52 Å². The summed E-state index contributed by atoms with van der Waals surface area (Å²) < 4.78 is 5.18. The second-order valence-corrected chi connectivity index (χ2v) is 3.95. The number of carbonyl (C=O) groups is 2. The number of oxazole rings is 1. The topological polar surface area (TPSA) is 92.4 Å². The number of nitrogens with one attached hydrogen (secondary N) is 1. The molecule has 0 radical (unpaired) electrons. The Balaban J connectivity index is 2.29. The molecule has 0 saturated heterocycles. The molecule has 0 unspecified atom stereocenters. The van der Waals surface area contributed by atoms with Crippen LogP contribution < -0.4 is 5.32 Å². The van der Waals surface area contributed by atoms with Crippen molar-refractivity contribution in [2.45, 2.75) is 13.8 Å². The molecule has 2 rings (SSSR count). The van der Waals surface area contributed by atoms with Crippen molar-refractivity contribution in [3.63, 3.8) is 0 Å². The largest absolute Gasteiger partial charge is 0.478 e. The normalized spacial score (nSPS) is 10.2. The van der Waals surface area contributed by atoms with Crippen LogP contribution in [0.25, 0.3) is 0 Å². The summed E-state index contributed by atoms with van der Waals surface area (Å²) >= 11 is 0. The average Bonchev–Trinajstić information content (AvgIpc) is 2.69. The molecule has 2 aromatic rings. The van der Waals surface area contributed by atoms with Crippen molar-refractivity contribution in [1.82, 2.24) is 4.98 Å². The molecule has 6 nitrogen and oxygen atoms in total. The van der Waals surface area contributed by atoms with E-state index in [1.54, 1.807) is 26.0 Å². The number of para-hydroxylation sites is 1. The van der Waals surface area contributed by atoms with E-state index in [1.165, 1.54) is 12.1 Å². The highest BCUT2D eigenvalue weighted by Crippen LogP contribution is 2.17. The molecule has 1 aromatic heterocycles. The van der Waals surface area contributed by atoms with Crippen LogP contribution in [-0.4, -0.2) is 22.0 Å². The second kappa shape index (κ2) is 4.93. The van der Waals surface area contributed by atoms with Crippen LogP contribution in [0.1, 0.15) is 32.5 Å². The fourth-order valence-electron chi connectivity index (χ4n) is 1.70. The van der Waals surface area contributed by atoms with Gasteiger partial charge in [-0.05, 0) is 19.1 Å².